The lowest BCUT2D eigenvalue weighted by Crippen LogP contribution is -2.28. The lowest BCUT2D eigenvalue weighted by Gasteiger charge is -2.09. The van der Waals surface area contributed by atoms with E-state index in [9.17, 15) is 4.39 Å². The van der Waals surface area contributed by atoms with E-state index in [-0.39, 0.29) is 5.82 Å². The van der Waals surface area contributed by atoms with Crippen molar-refractivity contribution in [3.8, 4) is 0 Å². The van der Waals surface area contributed by atoms with Crippen molar-refractivity contribution >= 4 is 5.82 Å². The minimum absolute atomic E-state index is 0.308. The fraction of sp³-hybridized carbons (Fsp3) is 0.500. The Balaban J connectivity index is 2.28. The van der Waals surface area contributed by atoms with Crippen LogP contribution in [0.2, 0.25) is 0 Å². The number of hydrogen-bond acceptors (Lipinski definition) is 3. The summed E-state index contributed by atoms with van der Waals surface area (Å²) in [4.78, 5) is 3.88. The molecule has 0 bridgehead atoms. The Kier molecular flexibility index (Phi) is 4.32. The zero-order chi connectivity index (χ0) is 10.4. The van der Waals surface area contributed by atoms with E-state index in [1.54, 1.807) is 12.3 Å². The Morgan fingerprint density at radius 1 is 1.43 bits per heavy atom. The number of aromatic nitrogens is 1. The first-order chi connectivity index (χ1) is 6.70. The number of halogens is 1. The van der Waals surface area contributed by atoms with Crippen LogP contribution in [0.5, 0.6) is 0 Å². The molecule has 0 unspecified atom stereocenters. The normalized spacial score (nSPS) is 10.6. The van der Waals surface area contributed by atoms with Gasteiger partial charge >= 0.3 is 0 Å². The summed E-state index contributed by atoms with van der Waals surface area (Å²) >= 11 is 0. The van der Waals surface area contributed by atoms with Gasteiger partial charge in [-0.25, -0.2) is 9.37 Å². The van der Waals surface area contributed by atoms with Crippen molar-refractivity contribution in [2.24, 2.45) is 0 Å². The summed E-state index contributed by atoms with van der Waals surface area (Å²) in [6, 6.07) is 3.42. The molecule has 14 heavy (non-hydrogen) atoms. The summed E-state index contributed by atoms with van der Waals surface area (Å²) in [5, 5.41) is 6.14. The lowest BCUT2D eigenvalue weighted by atomic mass is 10.4. The Morgan fingerprint density at radius 3 is 2.86 bits per heavy atom. The second-order valence-corrected chi connectivity index (χ2v) is 3.37. The quantitative estimate of drug-likeness (QED) is 0.704. The Hall–Kier alpha value is -1.16. The van der Waals surface area contributed by atoms with Crippen LogP contribution in [-0.4, -0.2) is 24.1 Å². The van der Waals surface area contributed by atoms with E-state index >= 15 is 0 Å². The van der Waals surface area contributed by atoms with Crippen molar-refractivity contribution in [1.82, 2.24) is 10.3 Å². The van der Waals surface area contributed by atoms with Gasteiger partial charge in [0.05, 0.1) is 0 Å². The van der Waals surface area contributed by atoms with Crippen LogP contribution in [0.3, 0.4) is 0 Å². The molecule has 3 nitrogen and oxygen atoms in total. The van der Waals surface area contributed by atoms with Gasteiger partial charge in [-0.1, -0.05) is 13.8 Å². The molecule has 0 aromatic carbocycles. The van der Waals surface area contributed by atoms with E-state index in [0.717, 1.165) is 6.54 Å². The first-order valence-electron chi connectivity index (χ1n) is 4.78. The van der Waals surface area contributed by atoms with E-state index in [4.69, 9.17) is 0 Å². The summed E-state index contributed by atoms with van der Waals surface area (Å²) in [7, 11) is 0. The van der Waals surface area contributed by atoms with Crippen molar-refractivity contribution in [2.75, 3.05) is 18.4 Å². The number of pyridine rings is 1. The molecular formula is C10H16FN3. The highest BCUT2D eigenvalue weighted by molar-refractivity contribution is 5.35. The fourth-order valence-electron chi connectivity index (χ4n) is 1.06. The second-order valence-electron chi connectivity index (χ2n) is 3.37. The SMILES string of the molecule is CC(C)NCCNc1ncccc1F. The zero-order valence-electron chi connectivity index (χ0n) is 8.55. The molecule has 0 amide bonds. The minimum atomic E-state index is -0.308. The van der Waals surface area contributed by atoms with Crippen molar-refractivity contribution < 1.29 is 4.39 Å². The largest absolute Gasteiger partial charge is 0.366 e. The maximum atomic E-state index is 13.0. The molecule has 0 radical (unpaired) electrons. The molecule has 0 aliphatic heterocycles. The summed E-state index contributed by atoms with van der Waals surface area (Å²) in [5.74, 6) is 0.00935. The smallest absolute Gasteiger partial charge is 0.165 e. The number of nitrogens with one attached hydrogen (secondary N) is 2. The average Bonchev–Trinajstić information content (AvgIpc) is 2.15. The molecule has 2 N–H and O–H groups in total. The van der Waals surface area contributed by atoms with Crippen LogP contribution in [0.4, 0.5) is 10.2 Å². The lowest BCUT2D eigenvalue weighted by molar-refractivity contribution is 0.596. The number of nitrogens with zero attached hydrogens (tertiary/aromatic N) is 1. The van der Waals surface area contributed by atoms with Crippen LogP contribution < -0.4 is 10.6 Å². The van der Waals surface area contributed by atoms with Gasteiger partial charge in [-0.2, -0.15) is 0 Å². The average molecular weight is 197 g/mol. The molecule has 0 aliphatic rings. The van der Waals surface area contributed by atoms with Crippen LogP contribution in [0.25, 0.3) is 0 Å². The third-order valence-corrected chi connectivity index (χ3v) is 1.73. The Bertz CT molecular complexity index is 276. The molecule has 0 saturated carbocycles. The third kappa shape index (κ3) is 3.70. The molecule has 1 aromatic heterocycles. The minimum Gasteiger partial charge on any atom is -0.366 e. The van der Waals surface area contributed by atoms with Gasteiger partial charge in [-0.05, 0) is 12.1 Å². The highest BCUT2D eigenvalue weighted by Gasteiger charge is 1.99. The van der Waals surface area contributed by atoms with Crippen LogP contribution in [-0.2, 0) is 0 Å². The van der Waals surface area contributed by atoms with Crippen molar-refractivity contribution in [1.29, 1.82) is 0 Å². The second kappa shape index (κ2) is 5.54. The molecule has 78 valence electrons. The Labute approximate surface area is 83.7 Å². The van der Waals surface area contributed by atoms with Crippen LogP contribution in [0, 0.1) is 5.82 Å². The van der Waals surface area contributed by atoms with E-state index in [2.05, 4.69) is 29.5 Å². The molecule has 0 saturated heterocycles. The van der Waals surface area contributed by atoms with Crippen molar-refractivity contribution in [2.45, 2.75) is 19.9 Å². The monoisotopic (exact) mass is 197 g/mol. The highest BCUT2D eigenvalue weighted by Crippen LogP contribution is 2.06. The molecule has 0 spiro atoms. The number of rotatable bonds is 5. The van der Waals surface area contributed by atoms with Gasteiger partial charge in [0.15, 0.2) is 11.6 Å². The summed E-state index contributed by atoms with van der Waals surface area (Å²) in [5.41, 5.74) is 0. The Morgan fingerprint density at radius 2 is 2.21 bits per heavy atom. The summed E-state index contributed by atoms with van der Waals surface area (Å²) in [6.45, 7) is 5.61. The van der Waals surface area contributed by atoms with Crippen molar-refractivity contribution in [3.05, 3.63) is 24.1 Å². The maximum absolute atomic E-state index is 13.0. The van der Waals surface area contributed by atoms with Gasteiger partial charge in [0, 0.05) is 25.3 Å². The predicted octanol–water partition coefficient (Wildman–Crippen LogP) is 1.63. The summed E-state index contributed by atoms with van der Waals surface area (Å²) in [6.07, 6.45) is 1.57. The molecule has 1 rings (SSSR count). The van der Waals surface area contributed by atoms with Gasteiger partial charge in [0.2, 0.25) is 0 Å². The fourth-order valence-corrected chi connectivity index (χ4v) is 1.06. The van der Waals surface area contributed by atoms with Gasteiger partial charge in [0.25, 0.3) is 0 Å². The van der Waals surface area contributed by atoms with Crippen LogP contribution in [0.15, 0.2) is 18.3 Å². The third-order valence-electron chi connectivity index (χ3n) is 1.73. The van der Waals surface area contributed by atoms with Gasteiger partial charge in [-0.3, -0.25) is 0 Å². The topological polar surface area (TPSA) is 37.0 Å². The van der Waals surface area contributed by atoms with E-state index in [0.29, 0.717) is 18.4 Å². The van der Waals surface area contributed by atoms with Gasteiger partial charge in [0.1, 0.15) is 0 Å². The van der Waals surface area contributed by atoms with E-state index in [1.165, 1.54) is 6.07 Å². The van der Waals surface area contributed by atoms with Crippen molar-refractivity contribution in [3.63, 3.8) is 0 Å². The predicted molar refractivity (Wildman–Crippen MR) is 55.8 cm³/mol. The highest BCUT2D eigenvalue weighted by atomic mass is 19.1. The molecular weight excluding hydrogens is 181 g/mol. The zero-order valence-corrected chi connectivity index (χ0v) is 8.55. The number of anilines is 1. The first-order valence-corrected chi connectivity index (χ1v) is 4.78. The number of hydrogen-bond donors (Lipinski definition) is 2. The van der Waals surface area contributed by atoms with Gasteiger partial charge < -0.3 is 10.6 Å². The standard InChI is InChI=1S/C10H16FN3/c1-8(2)12-6-7-14-10-9(11)4-3-5-13-10/h3-5,8,12H,6-7H2,1-2H3,(H,13,14). The molecule has 1 aromatic rings. The molecule has 0 aliphatic carbocycles. The molecule has 1 heterocycles. The first kappa shape index (κ1) is 10.9. The molecule has 4 heteroatoms. The summed E-state index contributed by atoms with van der Waals surface area (Å²) < 4.78 is 13.0. The molecule has 0 atom stereocenters. The molecule has 0 fully saturated rings. The van der Waals surface area contributed by atoms with Gasteiger partial charge in [-0.15, -0.1) is 0 Å². The maximum Gasteiger partial charge on any atom is 0.165 e. The van der Waals surface area contributed by atoms with Crippen LogP contribution in [0.1, 0.15) is 13.8 Å². The van der Waals surface area contributed by atoms with E-state index < -0.39 is 0 Å². The van der Waals surface area contributed by atoms with E-state index in [1.807, 2.05) is 0 Å². The van der Waals surface area contributed by atoms with Crippen LogP contribution >= 0.6 is 0 Å².